The summed E-state index contributed by atoms with van der Waals surface area (Å²) < 4.78 is 0. The third kappa shape index (κ3) is 2.23. The lowest BCUT2D eigenvalue weighted by Crippen LogP contribution is -2.70. The molecule has 20 heavy (non-hydrogen) atoms. The Balaban J connectivity index is 1.81. The molecule has 2 amide bonds. The molecule has 3 rings (SSSR count). The van der Waals surface area contributed by atoms with Crippen molar-refractivity contribution in [2.75, 3.05) is 6.54 Å². The van der Waals surface area contributed by atoms with Crippen molar-refractivity contribution in [2.45, 2.75) is 70.4 Å². The molecule has 3 fully saturated rings. The molecule has 2 unspecified atom stereocenters. The summed E-state index contributed by atoms with van der Waals surface area (Å²) in [5, 5.41) is 3.03. The van der Waals surface area contributed by atoms with Crippen molar-refractivity contribution in [2.24, 2.45) is 11.8 Å². The maximum absolute atomic E-state index is 12.9. The van der Waals surface area contributed by atoms with E-state index in [1.165, 1.54) is 25.7 Å². The SMILES string of the molecule is CCC1C(=O)NC(C)(C2CC2)C(=O)N1CC1CCCC1. The number of nitrogens with one attached hydrogen (secondary N) is 1. The van der Waals surface area contributed by atoms with E-state index >= 15 is 0 Å². The van der Waals surface area contributed by atoms with Crippen molar-refractivity contribution in [3.05, 3.63) is 0 Å². The van der Waals surface area contributed by atoms with Gasteiger partial charge in [-0.2, -0.15) is 0 Å². The van der Waals surface area contributed by atoms with E-state index in [4.69, 9.17) is 0 Å². The van der Waals surface area contributed by atoms with Crippen molar-refractivity contribution in [3.8, 4) is 0 Å². The van der Waals surface area contributed by atoms with Crippen LogP contribution in [0.5, 0.6) is 0 Å². The lowest BCUT2D eigenvalue weighted by Gasteiger charge is -2.45. The number of carbonyl (C=O) groups is 2. The van der Waals surface area contributed by atoms with Crippen LogP contribution in [0.25, 0.3) is 0 Å². The number of hydrogen-bond acceptors (Lipinski definition) is 2. The van der Waals surface area contributed by atoms with Crippen molar-refractivity contribution in [1.29, 1.82) is 0 Å². The minimum Gasteiger partial charge on any atom is -0.340 e. The van der Waals surface area contributed by atoms with E-state index < -0.39 is 5.54 Å². The third-order valence-corrected chi connectivity index (χ3v) is 5.48. The second kappa shape index (κ2) is 5.05. The van der Waals surface area contributed by atoms with Gasteiger partial charge >= 0.3 is 0 Å². The second-order valence-corrected chi connectivity index (χ2v) is 7.00. The van der Waals surface area contributed by atoms with Gasteiger partial charge in [0.15, 0.2) is 0 Å². The molecule has 112 valence electrons. The molecule has 1 heterocycles. The molecule has 0 radical (unpaired) electrons. The zero-order chi connectivity index (χ0) is 14.3. The molecule has 0 spiro atoms. The van der Waals surface area contributed by atoms with Crippen LogP contribution < -0.4 is 5.32 Å². The third-order valence-electron chi connectivity index (χ3n) is 5.48. The minimum atomic E-state index is -0.638. The summed E-state index contributed by atoms with van der Waals surface area (Å²) >= 11 is 0. The highest BCUT2D eigenvalue weighted by atomic mass is 16.2. The van der Waals surface area contributed by atoms with Gasteiger partial charge in [-0.15, -0.1) is 0 Å². The fourth-order valence-electron chi connectivity index (χ4n) is 4.00. The zero-order valence-corrected chi connectivity index (χ0v) is 12.7. The van der Waals surface area contributed by atoms with E-state index in [9.17, 15) is 9.59 Å². The van der Waals surface area contributed by atoms with Gasteiger partial charge in [-0.1, -0.05) is 19.8 Å². The minimum absolute atomic E-state index is 0.0551. The van der Waals surface area contributed by atoms with E-state index in [1.54, 1.807) is 0 Å². The highest BCUT2D eigenvalue weighted by molar-refractivity contribution is 6.00. The van der Waals surface area contributed by atoms with Gasteiger partial charge in [-0.05, 0) is 50.9 Å². The Bertz CT molecular complexity index is 413. The predicted molar refractivity (Wildman–Crippen MR) is 77.0 cm³/mol. The molecule has 1 N–H and O–H groups in total. The Morgan fingerprint density at radius 3 is 2.40 bits per heavy atom. The number of amides is 2. The van der Waals surface area contributed by atoms with Gasteiger partial charge < -0.3 is 10.2 Å². The number of piperazine rings is 1. The molecular formula is C16H26N2O2. The van der Waals surface area contributed by atoms with Crippen LogP contribution in [0.15, 0.2) is 0 Å². The first-order valence-electron chi connectivity index (χ1n) is 8.19. The summed E-state index contributed by atoms with van der Waals surface area (Å²) in [5.74, 6) is 1.17. The van der Waals surface area contributed by atoms with Crippen molar-refractivity contribution in [1.82, 2.24) is 10.2 Å². The van der Waals surface area contributed by atoms with Crippen molar-refractivity contribution >= 4 is 11.8 Å². The number of hydrogen-bond donors (Lipinski definition) is 1. The molecule has 4 heteroatoms. The van der Waals surface area contributed by atoms with E-state index in [0.717, 1.165) is 19.4 Å². The summed E-state index contributed by atoms with van der Waals surface area (Å²) in [6.45, 7) is 4.71. The molecule has 1 aliphatic heterocycles. The van der Waals surface area contributed by atoms with Gasteiger partial charge in [-0.3, -0.25) is 9.59 Å². The smallest absolute Gasteiger partial charge is 0.249 e. The molecule has 3 aliphatic rings. The maximum Gasteiger partial charge on any atom is 0.249 e. The van der Waals surface area contributed by atoms with Gasteiger partial charge in [0.25, 0.3) is 0 Å². The van der Waals surface area contributed by atoms with Crippen LogP contribution in [0.3, 0.4) is 0 Å². The predicted octanol–water partition coefficient (Wildman–Crippen LogP) is 2.08. The molecule has 0 bridgehead atoms. The zero-order valence-electron chi connectivity index (χ0n) is 12.7. The molecule has 4 nitrogen and oxygen atoms in total. The lowest BCUT2D eigenvalue weighted by molar-refractivity contribution is -0.156. The van der Waals surface area contributed by atoms with E-state index in [0.29, 0.717) is 18.3 Å². The maximum atomic E-state index is 12.9. The van der Waals surface area contributed by atoms with Crippen LogP contribution in [0.4, 0.5) is 0 Å². The molecule has 2 saturated carbocycles. The molecular weight excluding hydrogens is 252 g/mol. The molecule has 2 atom stereocenters. The van der Waals surface area contributed by atoms with Crippen LogP contribution in [0, 0.1) is 11.8 Å². The first kappa shape index (κ1) is 13.9. The summed E-state index contributed by atoms with van der Waals surface area (Å²) in [7, 11) is 0. The standard InChI is InChI=1S/C16H26N2O2/c1-3-13-14(19)17-16(2,12-8-9-12)15(20)18(13)10-11-6-4-5-7-11/h11-13H,3-10H2,1-2H3,(H,17,19). The average molecular weight is 278 g/mol. The first-order chi connectivity index (χ1) is 9.56. The van der Waals surface area contributed by atoms with Crippen LogP contribution >= 0.6 is 0 Å². The Labute approximate surface area is 121 Å². The summed E-state index contributed by atoms with van der Waals surface area (Å²) in [6, 6.07) is -0.255. The topological polar surface area (TPSA) is 49.4 Å². The Hall–Kier alpha value is -1.06. The first-order valence-corrected chi connectivity index (χ1v) is 8.19. The van der Waals surface area contributed by atoms with Crippen LogP contribution in [0.1, 0.15) is 58.8 Å². The van der Waals surface area contributed by atoms with E-state index in [-0.39, 0.29) is 17.9 Å². The second-order valence-electron chi connectivity index (χ2n) is 7.00. The van der Waals surface area contributed by atoms with Crippen molar-refractivity contribution in [3.63, 3.8) is 0 Å². The van der Waals surface area contributed by atoms with Crippen LogP contribution in [0.2, 0.25) is 0 Å². The Kier molecular flexibility index (Phi) is 3.51. The number of rotatable bonds is 4. The number of carbonyl (C=O) groups excluding carboxylic acids is 2. The lowest BCUT2D eigenvalue weighted by atomic mass is 9.88. The van der Waals surface area contributed by atoms with Crippen LogP contribution in [-0.2, 0) is 9.59 Å². The molecule has 0 aromatic heterocycles. The van der Waals surface area contributed by atoms with Gasteiger partial charge in [0, 0.05) is 6.54 Å². The van der Waals surface area contributed by atoms with Crippen molar-refractivity contribution < 1.29 is 9.59 Å². The quantitative estimate of drug-likeness (QED) is 0.856. The Morgan fingerprint density at radius 2 is 1.85 bits per heavy atom. The average Bonchev–Trinajstić information content (AvgIpc) is 3.16. The number of nitrogens with zero attached hydrogens (tertiary/aromatic N) is 1. The van der Waals surface area contributed by atoms with Gasteiger partial charge in [0.05, 0.1) is 0 Å². The normalized spacial score (nSPS) is 35.5. The molecule has 0 aromatic carbocycles. The van der Waals surface area contributed by atoms with Crippen LogP contribution in [-0.4, -0.2) is 34.8 Å². The van der Waals surface area contributed by atoms with Gasteiger partial charge in [0.1, 0.15) is 11.6 Å². The largest absolute Gasteiger partial charge is 0.340 e. The van der Waals surface area contributed by atoms with Gasteiger partial charge in [-0.25, -0.2) is 0 Å². The summed E-state index contributed by atoms with van der Waals surface area (Å²) in [4.78, 5) is 27.3. The summed E-state index contributed by atoms with van der Waals surface area (Å²) in [6.07, 6.45) is 7.81. The Morgan fingerprint density at radius 1 is 1.20 bits per heavy atom. The highest BCUT2D eigenvalue weighted by Crippen LogP contribution is 2.42. The fraction of sp³-hybridized carbons (Fsp3) is 0.875. The molecule has 0 aromatic rings. The molecule has 1 saturated heterocycles. The van der Waals surface area contributed by atoms with E-state index in [2.05, 4.69) is 5.32 Å². The van der Waals surface area contributed by atoms with E-state index in [1.807, 2.05) is 18.7 Å². The monoisotopic (exact) mass is 278 g/mol. The fourth-order valence-corrected chi connectivity index (χ4v) is 4.00. The van der Waals surface area contributed by atoms with Gasteiger partial charge in [0.2, 0.25) is 11.8 Å². The highest BCUT2D eigenvalue weighted by Gasteiger charge is 2.55. The molecule has 2 aliphatic carbocycles. The summed E-state index contributed by atoms with van der Waals surface area (Å²) in [5.41, 5.74) is -0.638.